The summed E-state index contributed by atoms with van der Waals surface area (Å²) in [6.45, 7) is 0.742. The molecule has 1 aliphatic carbocycles. The summed E-state index contributed by atoms with van der Waals surface area (Å²) in [7, 11) is 0. The largest absolute Gasteiger partial charge is 0.467 e. The molecule has 0 saturated heterocycles. The Bertz CT molecular complexity index is 1190. The molecule has 0 saturated carbocycles. The second kappa shape index (κ2) is 7.39. The van der Waals surface area contributed by atoms with Crippen LogP contribution in [0, 0.1) is 5.82 Å². The average molecular weight is 403 g/mol. The number of amides is 1. The summed E-state index contributed by atoms with van der Waals surface area (Å²) >= 11 is 0. The number of hydrogen-bond acceptors (Lipinski definition) is 4. The number of hydrogen-bond donors (Lipinski definition) is 1. The molecule has 30 heavy (non-hydrogen) atoms. The number of benzene rings is 3. The van der Waals surface area contributed by atoms with Crippen LogP contribution in [0.25, 0.3) is 11.1 Å². The minimum absolute atomic E-state index is 0.0685. The lowest BCUT2D eigenvalue weighted by atomic mass is 10.0. The van der Waals surface area contributed by atoms with Crippen LogP contribution in [-0.4, -0.2) is 25.0 Å². The quantitative estimate of drug-likeness (QED) is 0.562. The molecule has 0 fully saturated rings. The van der Waals surface area contributed by atoms with Crippen molar-refractivity contribution in [1.29, 1.82) is 0 Å². The maximum Gasteiger partial charge on any atom is 0.251 e. The first-order chi connectivity index (χ1) is 14.6. The summed E-state index contributed by atoms with van der Waals surface area (Å²) in [5, 5.41) is 2.84. The molecule has 6 heteroatoms. The Morgan fingerprint density at radius 2 is 1.80 bits per heavy atom. The zero-order chi connectivity index (χ0) is 20.7. The van der Waals surface area contributed by atoms with Crippen LogP contribution >= 0.6 is 0 Å². The van der Waals surface area contributed by atoms with Crippen molar-refractivity contribution in [2.75, 3.05) is 13.3 Å². The van der Waals surface area contributed by atoms with E-state index in [1.165, 1.54) is 12.1 Å². The van der Waals surface area contributed by atoms with E-state index in [1.807, 2.05) is 24.3 Å². The van der Waals surface area contributed by atoms with Crippen LogP contribution in [0.5, 0.6) is 5.75 Å². The zero-order valence-electron chi connectivity index (χ0n) is 16.0. The Labute approximate surface area is 172 Å². The zero-order valence-corrected chi connectivity index (χ0v) is 16.0. The van der Waals surface area contributed by atoms with E-state index in [4.69, 9.17) is 9.47 Å². The minimum Gasteiger partial charge on any atom is -0.467 e. The van der Waals surface area contributed by atoms with Gasteiger partial charge in [0.15, 0.2) is 12.6 Å². The highest BCUT2D eigenvalue weighted by Gasteiger charge is 2.27. The van der Waals surface area contributed by atoms with E-state index in [0.717, 1.165) is 11.1 Å². The van der Waals surface area contributed by atoms with Crippen LogP contribution in [0.4, 0.5) is 4.39 Å². The summed E-state index contributed by atoms with van der Waals surface area (Å²) in [6, 6.07) is 15.4. The van der Waals surface area contributed by atoms with Gasteiger partial charge in [-0.2, -0.15) is 0 Å². The Morgan fingerprint density at radius 1 is 1.00 bits per heavy atom. The number of carbonyl (C=O) groups is 2. The molecule has 3 aromatic rings. The highest BCUT2D eigenvalue weighted by atomic mass is 19.1. The Hall–Kier alpha value is -3.51. The van der Waals surface area contributed by atoms with E-state index >= 15 is 0 Å². The van der Waals surface area contributed by atoms with Crippen molar-refractivity contribution in [3.8, 4) is 16.9 Å². The van der Waals surface area contributed by atoms with E-state index in [-0.39, 0.29) is 24.3 Å². The molecule has 0 unspecified atom stereocenters. The molecule has 0 radical (unpaired) electrons. The molecule has 1 aliphatic heterocycles. The van der Waals surface area contributed by atoms with E-state index in [2.05, 4.69) is 5.32 Å². The number of halogens is 1. The first kappa shape index (κ1) is 18.5. The van der Waals surface area contributed by atoms with Crippen molar-refractivity contribution >= 4 is 11.7 Å². The van der Waals surface area contributed by atoms with Crippen LogP contribution in [-0.2, 0) is 17.8 Å². The molecule has 5 nitrogen and oxygen atoms in total. The first-order valence-corrected chi connectivity index (χ1v) is 9.70. The van der Waals surface area contributed by atoms with Crippen molar-refractivity contribution in [3.63, 3.8) is 0 Å². The van der Waals surface area contributed by atoms with Gasteiger partial charge < -0.3 is 14.8 Å². The molecule has 1 amide bonds. The summed E-state index contributed by atoms with van der Waals surface area (Å²) in [4.78, 5) is 25.3. The Kier molecular flexibility index (Phi) is 4.56. The van der Waals surface area contributed by atoms with Gasteiger partial charge in [-0.3, -0.25) is 9.59 Å². The van der Waals surface area contributed by atoms with Crippen molar-refractivity contribution in [1.82, 2.24) is 5.32 Å². The predicted molar refractivity (Wildman–Crippen MR) is 108 cm³/mol. The fourth-order valence-electron chi connectivity index (χ4n) is 4.02. The smallest absolute Gasteiger partial charge is 0.251 e. The standard InChI is InChI=1S/C24H18FNO4/c25-17-9-14(23-16(10-17)12-29-13-30-23)7-8-26-24(28)15-5-6-19-18-3-1-2-4-20(18)22(27)21(19)11-15/h1-6,9-11H,7-8,12-13H2,(H,26,28). The second-order valence-electron chi connectivity index (χ2n) is 7.30. The summed E-state index contributed by atoms with van der Waals surface area (Å²) < 4.78 is 24.5. The fourth-order valence-corrected chi connectivity index (χ4v) is 4.02. The van der Waals surface area contributed by atoms with Crippen LogP contribution in [0.2, 0.25) is 0 Å². The maximum absolute atomic E-state index is 13.9. The van der Waals surface area contributed by atoms with E-state index in [9.17, 15) is 14.0 Å². The topological polar surface area (TPSA) is 64.6 Å². The van der Waals surface area contributed by atoms with Gasteiger partial charge in [0.25, 0.3) is 5.91 Å². The average Bonchev–Trinajstić information content (AvgIpc) is 3.05. The van der Waals surface area contributed by atoms with Crippen LogP contribution in [0.15, 0.2) is 54.6 Å². The minimum atomic E-state index is -0.360. The molecule has 1 heterocycles. The van der Waals surface area contributed by atoms with E-state index < -0.39 is 0 Å². The fraction of sp³-hybridized carbons (Fsp3) is 0.167. The highest BCUT2D eigenvalue weighted by Crippen LogP contribution is 2.36. The molecular weight excluding hydrogens is 385 g/mol. The maximum atomic E-state index is 13.9. The predicted octanol–water partition coefficient (Wildman–Crippen LogP) is 3.88. The molecule has 1 N–H and O–H groups in total. The molecule has 5 rings (SSSR count). The number of nitrogens with one attached hydrogen (secondary N) is 1. The number of ether oxygens (including phenoxy) is 2. The summed E-state index contributed by atoms with van der Waals surface area (Å²) in [6.07, 6.45) is 0.418. The third-order valence-electron chi connectivity index (χ3n) is 5.42. The summed E-state index contributed by atoms with van der Waals surface area (Å²) in [5.41, 5.74) is 4.71. The van der Waals surface area contributed by atoms with Gasteiger partial charge in [0.1, 0.15) is 11.6 Å². The number of rotatable bonds is 4. The van der Waals surface area contributed by atoms with E-state index in [0.29, 0.717) is 53.1 Å². The molecular formula is C24H18FNO4. The van der Waals surface area contributed by atoms with E-state index in [1.54, 1.807) is 18.2 Å². The van der Waals surface area contributed by atoms with Gasteiger partial charge in [-0.25, -0.2) is 4.39 Å². The van der Waals surface area contributed by atoms with Crippen molar-refractivity contribution in [3.05, 3.63) is 88.2 Å². The number of fused-ring (bicyclic) bond motifs is 4. The second-order valence-corrected chi connectivity index (χ2v) is 7.30. The van der Waals surface area contributed by atoms with Crippen molar-refractivity contribution in [2.24, 2.45) is 0 Å². The van der Waals surface area contributed by atoms with Gasteiger partial charge in [-0.1, -0.05) is 30.3 Å². The third-order valence-corrected chi connectivity index (χ3v) is 5.42. The van der Waals surface area contributed by atoms with Gasteiger partial charge in [-0.15, -0.1) is 0 Å². The van der Waals surface area contributed by atoms with Crippen LogP contribution < -0.4 is 10.1 Å². The monoisotopic (exact) mass is 403 g/mol. The normalized spacial score (nSPS) is 13.8. The van der Waals surface area contributed by atoms with Crippen LogP contribution in [0.3, 0.4) is 0 Å². The Morgan fingerprint density at radius 3 is 2.67 bits per heavy atom. The Balaban J connectivity index is 1.30. The molecule has 0 spiro atoms. The summed E-state index contributed by atoms with van der Waals surface area (Å²) in [5.74, 6) is -0.0873. The first-order valence-electron chi connectivity index (χ1n) is 9.70. The molecule has 3 aromatic carbocycles. The van der Waals surface area contributed by atoms with Crippen molar-refractivity contribution < 1.29 is 23.5 Å². The van der Waals surface area contributed by atoms with Crippen LogP contribution in [0.1, 0.15) is 37.4 Å². The third kappa shape index (κ3) is 3.15. The lowest BCUT2D eigenvalue weighted by molar-refractivity contribution is -0.0172. The molecule has 2 aliphatic rings. The van der Waals surface area contributed by atoms with Crippen molar-refractivity contribution in [2.45, 2.75) is 13.0 Å². The molecule has 150 valence electrons. The van der Waals surface area contributed by atoms with Gasteiger partial charge >= 0.3 is 0 Å². The SMILES string of the molecule is O=C(NCCc1cc(F)cc2c1OCOC2)c1ccc2c(c1)C(=O)c1ccccc1-2. The molecule has 0 aromatic heterocycles. The molecule has 0 bridgehead atoms. The lowest BCUT2D eigenvalue weighted by Gasteiger charge is -2.21. The lowest BCUT2D eigenvalue weighted by Crippen LogP contribution is -2.26. The number of ketones is 1. The van der Waals surface area contributed by atoms with Gasteiger partial charge in [-0.05, 0) is 47.4 Å². The van der Waals surface area contributed by atoms with Gasteiger partial charge in [0.05, 0.1) is 6.61 Å². The van der Waals surface area contributed by atoms with Gasteiger partial charge in [0.2, 0.25) is 0 Å². The van der Waals surface area contributed by atoms with Gasteiger partial charge in [0, 0.05) is 28.8 Å². The highest BCUT2D eigenvalue weighted by molar-refractivity contribution is 6.22. The number of carbonyl (C=O) groups excluding carboxylic acids is 2. The molecule has 0 atom stereocenters.